The van der Waals surface area contributed by atoms with Crippen LogP contribution in [0.4, 0.5) is 0 Å². The average molecular weight is 311 g/mol. The van der Waals surface area contributed by atoms with E-state index in [9.17, 15) is 13.2 Å². The largest absolute Gasteiger partial charge is 0.493 e. The highest BCUT2D eigenvalue weighted by molar-refractivity contribution is 7.92. The van der Waals surface area contributed by atoms with E-state index in [0.29, 0.717) is 23.8 Å². The van der Waals surface area contributed by atoms with Gasteiger partial charge < -0.3 is 9.84 Å². The number of ether oxygens (including phenoxy) is 1. The number of aromatic carboxylic acids is 1. The molecule has 0 unspecified atom stereocenters. The molecule has 0 spiro atoms. The molecule has 6 nitrogen and oxygen atoms in total. The second-order valence-corrected chi connectivity index (χ2v) is 6.63. The van der Waals surface area contributed by atoms with Crippen LogP contribution in [0.5, 0.6) is 5.75 Å². The number of hydrogen-bond acceptors (Lipinski definition) is 4. The molecule has 1 saturated carbocycles. The zero-order chi connectivity index (χ0) is 15.5. The second-order valence-electron chi connectivity index (χ2n) is 4.91. The summed E-state index contributed by atoms with van der Waals surface area (Å²) in [5.74, 6) is -0.144. The minimum absolute atomic E-state index is 0.0221. The van der Waals surface area contributed by atoms with Crippen molar-refractivity contribution in [1.82, 2.24) is 4.72 Å². The van der Waals surface area contributed by atoms with Crippen LogP contribution in [0.25, 0.3) is 0 Å². The van der Waals surface area contributed by atoms with Gasteiger partial charge in [-0.1, -0.05) is 12.6 Å². The third kappa shape index (κ3) is 4.57. The van der Waals surface area contributed by atoms with E-state index in [1.54, 1.807) is 6.07 Å². The molecule has 0 atom stereocenters. The lowest BCUT2D eigenvalue weighted by molar-refractivity contribution is 0.0696. The van der Waals surface area contributed by atoms with E-state index in [0.717, 1.165) is 18.2 Å². The Morgan fingerprint density at radius 2 is 2.19 bits per heavy atom. The maximum Gasteiger partial charge on any atom is 0.335 e. The zero-order valence-corrected chi connectivity index (χ0v) is 12.2. The first-order valence-corrected chi connectivity index (χ1v) is 8.07. The van der Waals surface area contributed by atoms with E-state index in [1.807, 2.05) is 0 Å². The Morgan fingerprint density at radius 3 is 2.76 bits per heavy atom. The second kappa shape index (κ2) is 6.28. The van der Waals surface area contributed by atoms with Crippen LogP contribution in [0.1, 0.15) is 28.8 Å². The van der Waals surface area contributed by atoms with Gasteiger partial charge >= 0.3 is 5.97 Å². The van der Waals surface area contributed by atoms with Gasteiger partial charge in [-0.15, -0.1) is 0 Å². The van der Waals surface area contributed by atoms with Crippen molar-refractivity contribution < 1.29 is 23.1 Å². The molecule has 1 aliphatic rings. The summed E-state index contributed by atoms with van der Waals surface area (Å²) in [5, 5.41) is 9.83. The molecule has 1 aliphatic carbocycles. The van der Waals surface area contributed by atoms with Crippen LogP contribution in [0, 0.1) is 5.92 Å². The van der Waals surface area contributed by atoms with Gasteiger partial charge in [-0.2, -0.15) is 0 Å². The number of sulfonamides is 1. The topological polar surface area (TPSA) is 92.7 Å². The molecular formula is C14H17NO5S. The highest BCUT2D eigenvalue weighted by atomic mass is 32.2. The van der Waals surface area contributed by atoms with Gasteiger partial charge in [0.2, 0.25) is 10.0 Å². The van der Waals surface area contributed by atoms with Crippen molar-refractivity contribution in [3.05, 3.63) is 41.3 Å². The molecule has 0 aromatic heterocycles. The fraction of sp³-hybridized carbons (Fsp3) is 0.357. The lowest BCUT2D eigenvalue weighted by atomic mass is 10.1. The third-order valence-corrected chi connectivity index (χ3v) is 4.15. The summed E-state index contributed by atoms with van der Waals surface area (Å²) in [4.78, 5) is 11.0. The molecule has 0 saturated heterocycles. The molecule has 0 heterocycles. The summed E-state index contributed by atoms with van der Waals surface area (Å²) in [5.41, 5.74) is 0.696. The van der Waals surface area contributed by atoms with Gasteiger partial charge in [0.15, 0.2) is 0 Å². The molecule has 2 N–H and O–H groups in total. The average Bonchev–Trinajstić information content (AvgIpc) is 3.27. The molecule has 0 amide bonds. The van der Waals surface area contributed by atoms with Crippen molar-refractivity contribution in [2.24, 2.45) is 5.92 Å². The van der Waals surface area contributed by atoms with Crippen LogP contribution in [0.15, 0.2) is 30.2 Å². The Labute approximate surface area is 123 Å². The first-order valence-electron chi connectivity index (χ1n) is 6.52. The highest BCUT2D eigenvalue weighted by Gasteiger charge is 2.22. The Morgan fingerprint density at radius 1 is 1.48 bits per heavy atom. The minimum Gasteiger partial charge on any atom is -0.493 e. The monoisotopic (exact) mass is 311 g/mol. The lowest BCUT2D eigenvalue weighted by Gasteiger charge is -2.12. The van der Waals surface area contributed by atoms with Crippen LogP contribution in [0.3, 0.4) is 0 Å². The van der Waals surface area contributed by atoms with E-state index in [-0.39, 0.29) is 12.1 Å². The number of carboxylic acid groups (broad SMARTS) is 1. The van der Waals surface area contributed by atoms with E-state index < -0.39 is 16.0 Å². The van der Waals surface area contributed by atoms with Gasteiger partial charge in [-0.25, -0.2) is 17.9 Å². The fourth-order valence-electron chi connectivity index (χ4n) is 1.70. The summed E-state index contributed by atoms with van der Waals surface area (Å²) >= 11 is 0. The molecule has 1 aromatic carbocycles. The number of nitrogens with one attached hydrogen (secondary N) is 1. The normalized spacial score (nSPS) is 14.7. The van der Waals surface area contributed by atoms with E-state index in [1.165, 1.54) is 12.1 Å². The molecule has 2 rings (SSSR count). The van der Waals surface area contributed by atoms with Crippen LogP contribution >= 0.6 is 0 Å². The molecule has 21 heavy (non-hydrogen) atoms. The third-order valence-electron chi connectivity index (χ3n) is 3.17. The van der Waals surface area contributed by atoms with Crippen molar-refractivity contribution >= 4 is 16.0 Å². The predicted molar refractivity (Wildman–Crippen MR) is 77.6 cm³/mol. The molecule has 7 heteroatoms. The lowest BCUT2D eigenvalue weighted by Crippen LogP contribution is -2.21. The highest BCUT2D eigenvalue weighted by Crippen LogP contribution is 2.30. The number of carbonyl (C=O) groups is 1. The molecule has 0 aliphatic heterocycles. The molecule has 0 radical (unpaired) electrons. The molecule has 114 valence electrons. The SMILES string of the molecule is C=CS(=O)(=O)NCc1ccc(C(=O)O)cc1OCC1CC1. The Balaban J connectivity index is 2.16. The molecule has 1 aromatic rings. The summed E-state index contributed by atoms with van der Waals surface area (Å²) < 4.78 is 30.7. The van der Waals surface area contributed by atoms with Crippen LogP contribution in [0.2, 0.25) is 0 Å². The number of benzene rings is 1. The van der Waals surface area contributed by atoms with Crippen molar-refractivity contribution in [2.45, 2.75) is 19.4 Å². The number of carboxylic acids is 1. The van der Waals surface area contributed by atoms with Crippen molar-refractivity contribution in [3.8, 4) is 5.75 Å². The van der Waals surface area contributed by atoms with E-state index in [2.05, 4.69) is 11.3 Å². The van der Waals surface area contributed by atoms with E-state index in [4.69, 9.17) is 9.84 Å². The first kappa shape index (κ1) is 15.5. The minimum atomic E-state index is -3.54. The maximum absolute atomic E-state index is 11.4. The van der Waals surface area contributed by atoms with Crippen molar-refractivity contribution in [2.75, 3.05) is 6.61 Å². The van der Waals surface area contributed by atoms with Crippen molar-refractivity contribution in [1.29, 1.82) is 0 Å². The Bertz CT molecular complexity index is 649. The summed E-state index contributed by atoms with van der Waals surface area (Å²) in [6, 6.07) is 4.39. The Hall–Kier alpha value is -1.86. The molecular weight excluding hydrogens is 294 g/mol. The quantitative estimate of drug-likeness (QED) is 0.763. The van der Waals surface area contributed by atoms with E-state index >= 15 is 0 Å². The van der Waals surface area contributed by atoms with Crippen molar-refractivity contribution in [3.63, 3.8) is 0 Å². The van der Waals surface area contributed by atoms with Gasteiger partial charge in [-0.3, -0.25) is 0 Å². The Kier molecular flexibility index (Phi) is 4.64. The van der Waals surface area contributed by atoms with Crippen LogP contribution < -0.4 is 9.46 Å². The van der Waals surface area contributed by atoms with Gasteiger partial charge in [0.05, 0.1) is 12.2 Å². The van der Waals surface area contributed by atoms with Gasteiger partial charge in [0, 0.05) is 17.5 Å². The fourth-order valence-corrected chi connectivity index (χ4v) is 2.17. The summed E-state index contributed by atoms with van der Waals surface area (Å²) in [6.45, 7) is 3.75. The molecule has 0 bridgehead atoms. The maximum atomic E-state index is 11.4. The zero-order valence-electron chi connectivity index (χ0n) is 11.4. The van der Waals surface area contributed by atoms with Gasteiger partial charge in [0.25, 0.3) is 0 Å². The van der Waals surface area contributed by atoms with Crippen LogP contribution in [-0.2, 0) is 16.6 Å². The number of hydrogen-bond donors (Lipinski definition) is 2. The first-order chi connectivity index (χ1) is 9.91. The van der Waals surface area contributed by atoms with Gasteiger partial charge in [-0.05, 0) is 30.9 Å². The van der Waals surface area contributed by atoms with Gasteiger partial charge in [0.1, 0.15) is 5.75 Å². The molecule has 1 fully saturated rings. The van der Waals surface area contributed by atoms with Crippen LogP contribution in [-0.4, -0.2) is 26.1 Å². The number of rotatable bonds is 8. The summed E-state index contributed by atoms with van der Waals surface area (Å²) in [6.07, 6.45) is 2.22. The summed E-state index contributed by atoms with van der Waals surface area (Å²) in [7, 11) is -3.54. The standard InChI is InChI=1S/C14H17NO5S/c1-2-21(18,19)15-8-12-6-5-11(14(16)17)7-13(12)20-9-10-3-4-10/h2,5-7,10,15H,1,3-4,8-9H2,(H,16,17). The predicted octanol–water partition coefficient (Wildman–Crippen LogP) is 1.74. The smallest absolute Gasteiger partial charge is 0.335 e.